The summed E-state index contributed by atoms with van der Waals surface area (Å²) < 4.78 is 0. The van der Waals surface area contributed by atoms with Gasteiger partial charge in [-0.25, -0.2) is 0 Å². The fourth-order valence-corrected chi connectivity index (χ4v) is 0.753. The van der Waals surface area contributed by atoms with Crippen LogP contribution in [0, 0.1) is 6.08 Å². The first kappa shape index (κ1) is 6.34. The molecule has 1 radical (unpaired) electrons. The predicted octanol–water partition coefficient (Wildman–Crippen LogP) is 2.64. The highest BCUT2D eigenvalue weighted by molar-refractivity contribution is 4.99. The fraction of sp³-hybridized carbons (Fsp3) is 0.333. The maximum absolute atomic E-state index is 3.16. The van der Waals surface area contributed by atoms with Gasteiger partial charge in [0, 0.05) is 0 Å². The van der Waals surface area contributed by atoms with Crippen molar-refractivity contribution in [2.24, 2.45) is 0 Å². The molecule has 9 heavy (non-hydrogen) atoms. The molecule has 0 N–H and O–H groups in total. The van der Waals surface area contributed by atoms with Crippen LogP contribution in [0.5, 0.6) is 0 Å². The van der Waals surface area contributed by atoms with Gasteiger partial charge in [0.2, 0.25) is 0 Å². The molecule has 0 spiro atoms. The van der Waals surface area contributed by atoms with Gasteiger partial charge in [-0.2, -0.15) is 0 Å². The van der Waals surface area contributed by atoms with Crippen molar-refractivity contribution in [3.05, 3.63) is 36.5 Å². The van der Waals surface area contributed by atoms with Gasteiger partial charge in [0.25, 0.3) is 0 Å². The summed E-state index contributed by atoms with van der Waals surface area (Å²) in [4.78, 5) is 0. The molecule has 1 aliphatic carbocycles. The minimum atomic E-state index is 0.974. The quantitative estimate of drug-likeness (QED) is 0.430. The average molecular weight is 119 g/mol. The van der Waals surface area contributed by atoms with Crippen LogP contribution < -0.4 is 0 Å². The number of hydrogen-bond donors (Lipinski definition) is 0. The molecule has 0 aromatic carbocycles. The molecule has 0 fully saturated rings. The first-order valence-corrected chi connectivity index (χ1v) is 3.35. The minimum Gasteiger partial charge on any atom is -0.0844 e. The summed E-state index contributed by atoms with van der Waals surface area (Å²) in [5.74, 6) is 0. The number of hydrogen-bond acceptors (Lipinski definition) is 0. The van der Waals surface area contributed by atoms with Crippen LogP contribution in [0.15, 0.2) is 30.4 Å². The zero-order valence-electron chi connectivity index (χ0n) is 5.51. The third-order valence-electron chi connectivity index (χ3n) is 1.24. The molecule has 0 atom stereocenters. The van der Waals surface area contributed by atoms with Crippen LogP contribution in [0.1, 0.15) is 19.3 Å². The van der Waals surface area contributed by atoms with Crippen LogP contribution in [0.2, 0.25) is 0 Å². The summed E-state index contributed by atoms with van der Waals surface area (Å²) in [6, 6.07) is 0. The van der Waals surface area contributed by atoms with E-state index in [9.17, 15) is 0 Å². The lowest BCUT2D eigenvalue weighted by Gasteiger charge is -1.76. The SMILES string of the molecule is [C]1=C\C/C=C\C/C=C/C/1. The molecule has 47 valence electrons. The van der Waals surface area contributed by atoms with Gasteiger partial charge in [-0.3, -0.25) is 0 Å². The minimum absolute atomic E-state index is 0.974. The Kier molecular flexibility index (Phi) is 2.91. The molecule has 1 rings (SSSR count). The largest absolute Gasteiger partial charge is 0.0844 e. The molecule has 0 heteroatoms. The Morgan fingerprint density at radius 1 is 0.889 bits per heavy atom. The van der Waals surface area contributed by atoms with Gasteiger partial charge in [0.1, 0.15) is 0 Å². The van der Waals surface area contributed by atoms with Crippen LogP contribution in [0.4, 0.5) is 0 Å². The Bertz CT molecular complexity index is 97.6. The summed E-state index contributed by atoms with van der Waals surface area (Å²) in [6.07, 6.45) is 17.0. The molecule has 0 nitrogen and oxygen atoms in total. The molecule has 0 aromatic heterocycles. The van der Waals surface area contributed by atoms with Crippen molar-refractivity contribution in [2.45, 2.75) is 19.3 Å². The second-order valence-corrected chi connectivity index (χ2v) is 2.03. The first-order valence-electron chi connectivity index (χ1n) is 3.35. The Morgan fingerprint density at radius 2 is 1.67 bits per heavy atom. The van der Waals surface area contributed by atoms with Crippen molar-refractivity contribution in [1.82, 2.24) is 0 Å². The van der Waals surface area contributed by atoms with Crippen molar-refractivity contribution < 1.29 is 0 Å². The molecular weight excluding hydrogens is 108 g/mol. The zero-order chi connectivity index (χ0) is 6.36. The van der Waals surface area contributed by atoms with E-state index in [-0.39, 0.29) is 0 Å². The predicted molar refractivity (Wildman–Crippen MR) is 39.9 cm³/mol. The molecule has 0 saturated carbocycles. The normalized spacial score (nSPS) is 29.3. The first-order chi connectivity index (χ1) is 4.50. The van der Waals surface area contributed by atoms with Gasteiger partial charge >= 0.3 is 0 Å². The van der Waals surface area contributed by atoms with Crippen LogP contribution in [-0.4, -0.2) is 0 Å². The van der Waals surface area contributed by atoms with Crippen molar-refractivity contribution in [3.8, 4) is 0 Å². The summed E-state index contributed by atoms with van der Waals surface area (Å²) in [5, 5.41) is 0. The Hall–Kier alpha value is -0.780. The van der Waals surface area contributed by atoms with Gasteiger partial charge in [-0.05, 0) is 25.3 Å². The third-order valence-corrected chi connectivity index (χ3v) is 1.24. The summed E-state index contributed by atoms with van der Waals surface area (Å²) in [5.41, 5.74) is 0. The highest BCUT2D eigenvalue weighted by atomic mass is 13.8. The zero-order valence-corrected chi connectivity index (χ0v) is 5.51. The van der Waals surface area contributed by atoms with Crippen molar-refractivity contribution in [3.63, 3.8) is 0 Å². The Balaban J connectivity index is 2.43. The molecule has 0 unspecified atom stereocenters. The lowest BCUT2D eigenvalue weighted by Crippen LogP contribution is -1.57. The Labute approximate surface area is 56.6 Å². The highest BCUT2D eigenvalue weighted by Gasteiger charge is 1.76. The maximum Gasteiger partial charge on any atom is -0.00977 e. The van der Waals surface area contributed by atoms with E-state index in [0.717, 1.165) is 19.3 Å². The van der Waals surface area contributed by atoms with Gasteiger partial charge in [-0.15, -0.1) is 0 Å². The van der Waals surface area contributed by atoms with E-state index in [0.29, 0.717) is 0 Å². The summed E-state index contributed by atoms with van der Waals surface area (Å²) >= 11 is 0. The van der Waals surface area contributed by atoms with E-state index in [4.69, 9.17) is 0 Å². The molecule has 0 saturated heterocycles. The van der Waals surface area contributed by atoms with E-state index in [1.165, 1.54) is 0 Å². The van der Waals surface area contributed by atoms with E-state index in [2.05, 4.69) is 36.5 Å². The average Bonchev–Trinajstić information content (AvgIpc) is 2.00. The van der Waals surface area contributed by atoms with Crippen LogP contribution in [0.3, 0.4) is 0 Å². The standard InChI is InChI=1S/C9H11/c1-2-4-6-8-9-7-5-3-1/h1-2,5-7H,3-4,9H2/b2-1-,7-5+,8-6?. The van der Waals surface area contributed by atoms with E-state index >= 15 is 0 Å². The summed E-state index contributed by atoms with van der Waals surface area (Å²) in [7, 11) is 0. The van der Waals surface area contributed by atoms with E-state index < -0.39 is 0 Å². The van der Waals surface area contributed by atoms with Crippen molar-refractivity contribution >= 4 is 0 Å². The number of rotatable bonds is 0. The number of allylic oxidation sites excluding steroid dienone is 6. The van der Waals surface area contributed by atoms with Gasteiger partial charge < -0.3 is 0 Å². The second-order valence-electron chi connectivity index (χ2n) is 2.03. The molecular formula is C9H11. The van der Waals surface area contributed by atoms with E-state index in [1.807, 2.05) is 0 Å². The van der Waals surface area contributed by atoms with Gasteiger partial charge in [0.15, 0.2) is 0 Å². The lowest BCUT2D eigenvalue weighted by molar-refractivity contribution is 1.28. The molecule has 0 heterocycles. The topological polar surface area (TPSA) is 0 Å². The lowest BCUT2D eigenvalue weighted by atomic mass is 10.3. The van der Waals surface area contributed by atoms with Gasteiger partial charge in [0.05, 0.1) is 0 Å². The third kappa shape index (κ3) is 2.91. The monoisotopic (exact) mass is 119 g/mol. The molecule has 0 amide bonds. The van der Waals surface area contributed by atoms with Crippen molar-refractivity contribution in [2.75, 3.05) is 0 Å². The Morgan fingerprint density at radius 3 is 2.67 bits per heavy atom. The second kappa shape index (κ2) is 4.13. The highest BCUT2D eigenvalue weighted by Crippen LogP contribution is 1.96. The van der Waals surface area contributed by atoms with Crippen LogP contribution >= 0.6 is 0 Å². The molecule has 0 bridgehead atoms. The molecule has 0 aliphatic heterocycles. The van der Waals surface area contributed by atoms with E-state index in [1.54, 1.807) is 0 Å². The fourth-order valence-electron chi connectivity index (χ4n) is 0.753. The molecule has 1 aliphatic rings. The van der Waals surface area contributed by atoms with Gasteiger partial charge in [-0.1, -0.05) is 30.4 Å². The van der Waals surface area contributed by atoms with Crippen LogP contribution in [-0.2, 0) is 0 Å². The smallest absolute Gasteiger partial charge is 0.00977 e. The summed E-state index contributed by atoms with van der Waals surface area (Å²) in [6.45, 7) is 0. The maximum atomic E-state index is 3.16. The van der Waals surface area contributed by atoms with Crippen LogP contribution in [0.25, 0.3) is 0 Å². The van der Waals surface area contributed by atoms with Crippen molar-refractivity contribution in [1.29, 1.82) is 0 Å². The molecule has 0 aromatic rings.